The van der Waals surface area contributed by atoms with Gasteiger partial charge in [-0.15, -0.1) is 0 Å². The molecule has 1 aromatic rings. The number of aromatic hydroxyl groups is 1. The fourth-order valence-corrected chi connectivity index (χ4v) is 2.28. The van der Waals surface area contributed by atoms with Crippen molar-refractivity contribution in [1.82, 2.24) is 0 Å². The van der Waals surface area contributed by atoms with Gasteiger partial charge in [0.1, 0.15) is 0 Å². The number of unbranched alkanes of at least 4 members (excludes halogenated alkanes) is 5. The molecule has 0 saturated carbocycles. The van der Waals surface area contributed by atoms with Crippen LogP contribution in [0.1, 0.15) is 51.0 Å². The maximum absolute atomic E-state index is 11.1. The van der Waals surface area contributed by atoms with Gasteiger partial charge in [-0.05, 0) is 25.0 Å². The summed E-state index contributed by atoms with van der Waals surface area (Å²) in [6.07, 6.45) is 5.14. The summed E-state index contributed by atoms with van der Waals surface area (Å²) in [6.45, 7) is 2.13. The number of ether oxygens (including phenoxy) is 1. The van der Waals surface area contributed by atoms with Crippen molar-refractivity contribution >= 4 is 11.8 Å². The van der Waals surface area contributed by atoms with E-state index in [1.54, 1.807) is 0 Å². The number of rotatable bonds is 9. The van der Waals surface area contributed by atoms with Crippen molar-refractivity contribution in [3.05, 3.63) is 27.8 Å². The van der Waals surface area contributed by atoms with Crippen LogP contribution in [-0.2, 0) is 6.42 Å². The highest BCUT2D eigenvalue weighted by molar-refractivity contribution is 5.67. The van der Waals surface area contributed by atoms with E-state index >= 15 is 0 Å². The summed E-state index contributed by atoms with van der Waals surface area (Å²) < 4.78 is 4.32. The SMILES string of the molecule is CCCCCCCCc1ccc(OC(=O)O)c(O)c1[N+](=O)[O-]. The number of nitrogens with zero attached hydrogens (tertiary/aromatic N) is 1. The second kappa shape index (κ2) is 8.86. The van der Waals surface area contributed by atoms with Crippen LogP contribution in [-0.4, -0.2) is 21.3 Å². The largest absolute Gasteiger partial charge is 0.511 e. The zero-order valence-corrected chi connectivity index (χ0v) is 12.6. The summed E-state index contributed by atoms with van der Waals surface area (Å²) in [5.41, 5.74) is -0.0944. The van der Waals surface area contributed by atoms with Crippen molar-refractivity contribution in [2.45, 2.75) is 51.9 Å². The molecule has 0 unspecified atom stereocenters. The molecule has 1 aromatic carbocycles. The zero-order chi connectivity index (χ0) is 16.5. The predicted octanol–water partition coefficient (Wildman–Crippen LogP) is 4.26. The number of phenolic OH excluding ortho intramolecular Hbond substituents is 1. The van der Waals surface area contributed by atoms with Crippen LogP contribution in [0.15, 0.2) is 12.1 Å². The number of hydrogen-bond acceptors (Lipinski definition) is 5. The monoisotopic (exact) mass is 311 g/mol. The fourth-order valence-electron chi connectivity index (χ4n) is 2.28. The third kappa shape index (κ3) is 5.23. The first-order valence-electron chi connectivity index (χ1n) is 7.37. The van der Waals surface area contributed by atoms with Crippen molar-refractivity contribution in [3.8, 4) is 11.5 Å². The van der Waals surface area contributed by atoms with Crippen LogP contribution in [0.25, 0.3) is 0 Å². The number of hydrogen-bond donors (Lipinski definition) is 2. The molecule has 0 aliphatic carbocycles. The Kier molecular flexibility index (Phi) is 7.15. The van der Waals surface area contributed by atoms with Gasteiger partial charge in [0.15, 0.2) is 5.75 Å². The van der Waals surface area contributed by atoms with E-state index < -0.39 is 28.3 Å². The summed E-state index contributed by atoms with van der Waals surface area (Å²) in [5.74, 6) is -1.17. The molecule has 0 bridgehead atoms. The van der Waals surface area contributed by atoms with E-state index in [9.17, 15) is 20.0 Å². The van der Waals surface area contributed by atoms with E-state index in [2.05, 4.69) is 11.7 Å². The Morgan fingerprint density at radius 3 is 2.45 bits per heavy atom. The Bertz CT molecular complexity index is 529. The van der Waals surface area contributed by atoms with E-state index in [0.717, 1.165) is 32.1 Å². The smallest absolute Gasteiger partial charge is 0.499 e. The molecule has 0 spiro atoms. The Hall–Kier alpha value is -2.31. The van der Waals surface area contributed by atoms with Crippen molar-refractivity contribution < 1.29 is 24.7 Å². The standard InChI is InChI=1S/C15H21NO6/c1-2-3-4-5-6-7-8-11-9-10-12(22-15(18)19)14(17)13(11)16(20)21/h9-10,17H,2-8H2,1H3,(H,18,19). The maximum atomic E-state index is 11.1. The Labute approximate surface area is 128 Å². The van der Waals surface area contributed by atoms with E-state index in [4.69, 9.17) is 5.11 Å². The molecular formula is C15H21NO6. The molecule has 1 rings (SSSR count). The molecule has 0 aromatic heterocycles. The normalized spacial score (nSPS) is 10.4. The average Bonchev–Trinajstić information content (AvgIpc) is 2.44. The molecular weight excluding hydrogens is 290 g/mol. The number of aryl methyl sites for hydroxylation is 1. The lowest BCUT2D eigenvalue weighted by atomic mass is 10.0. The van der Waals surface area contributed by atoms with Crippen LogP contribution < -0.4 is 4.74 Å². The Morgan fingerprint density at radius 2 is 1.86 bits per heavy atom. The van der Waals surface area contributed by atoms with Crippen LogP contribution in [0.5, 0.6) is 11.5 Å². The summed E-state index contributed by atoms with van der Waals surface area (Å²) in [6, 6.07) is 2.67. The molecule has 0 aliphatic heterocycles. The summed E-state index contributed by atoms with van der Waals surface area (Å²) in [7, 11) is 0. The van der Waals surface area contributed by atoms with E-state index in [1.165, 1.54) is 18.6 Å². The van der Waals surface area contributed by atoms with Crippen molar-refractivity contribution in [2.24, 2.45) is 0 Å². The summed E-state index contributed by atoms with van der Waals surface area (Å²) >= 11 is 0. The quantitative estimate of drug-likeness (QED) is 0.232. The number of carbonyl (C=O) groups is 1. The van der Waals surface area contributed by atoms with Crippen LogP contribution in [0.2, 0.25) is 0 Å². The molecule has 0 radical (unpaired) electrons. The highest BCUT2D eigenvalue weighted by atomic mass is 16.7. The molecule has 0 fully saturated rings. The van der Waals surface area contributed by atoms with Crippen molar-refractivity contribution in [1.29, 1.82) is 0 Å². The van der Waals surface area contributed by atoms with Gasteiger partial charge in [-0.2, -0.15) is 0 Å². The summed E-state index contributed by atoms with van der Waals surface area (Å²) in [5, 5.41) is 29.5. The predicted molar refractivity (Wildman–Crippen MR) is 80.5 cm³/mol. The van der Waals surface area contributed by atoms with Gasteiger partial charge < -0.3 is 14.9 Å². The highest BCUT2D eigenvalue weighted by Gasteiger charge is 2.24. The van der Waals surface area contributed by atoms with Gasteiger partial charge in [0, 0.05) is 5.56 Å². The van der Waals surface area contributed by atoms with Crippen LogP contribution in [0.3, 0.4) is 0 Å². The summed E-state index contributed by atoms with van der Waals surface area (Å²) in [4.78, 5) is 20.9. The molecule has 7 nitrogen and oxygen atoms in total. The number of nitro groups is 1. The van der Waals surface area contributed by atoms with Gasteiger partial charge in [-0.3, -0.25) is 10.1 Å². The molecule has 22 heavy (non-hydrogen) atoms. The zero-order valence-electron chi connectivity index (χ0n) is 12.6. The molecule has 2 N–H and O–H groups in total. The lowest BCUT2D eigenvalue weighted by Gasteiger charge is -2.08. The van der Waals surface area contributed by atoms with E-state index in [0.29, 0.717) is 12.0 Å². The Balaban J connectivity index is 2.76. The first-order valence-corrected chi connectivity index (χ1v) is 7.37. The second-order valence-corrected chi connectivity index (χ2v) is 5.06. The lowest BCUT2D eigenvalue weighted by Crippen LogP contribution is -2.05. The van der Waals surface area contributed by atoms with Gasteiger partial charge in [0.05, 0.1) is 4.92 Å². The number of nitro benzene ring substituents is 1. The molecule has 0 saturated heterocycles. The molecule has 122 valence electrons. The number of carboxylic acid groups (broad SMARTS) is 1. The minimum Gasteiger partial charge on any atom is -0.499 e. The molecule has 0 aliphatic rings. The van der Waals surface area contributed by atoms with Gasteiger partial charge in [-0.25, -0.2) is 4.79 Å². The number of phenols is 1. The minimum absolute atomic E-state index is 0.385. The van der Waals surface area contributed by atoms with Gasteiger partial charge >= 0.3 is 11.8 Å². The molecule has 0 heterocycles. The number of benzene rings is 1. The van der Waals surface area contributed by atoms with E-state index in [-0.39, 0.29) is 0 Å². The minimum atomic E-state index is -1.63. The van der Waals surface area contributed by atoms with Gasteiger partial charge in [0.2, 0.25) is 5.75 Å². The van der Waals surface area contributed by atoms with Gasteiger partial charge in [0.25, 0.3) is 0 Å². The fraction of sp³-hybridized carbons (Fsp3) is 0.533. The molecule has 0 atom stereocenters. The molecule has 7 heteroatoms. The average molecular weight is 311 g/mol. The maximum Gasteiger partial charge on any atom is 0.511 e. The van der Waals surface area contributed by atoms with Crippen LogP contribution in [0.4, 0.5) is 10.5 Å². The lowest BCUT2D eigenvalue weighted by molar-refractivity contribution is -0.386. The second-order valence-electron chi connectivity index (χ2n) is 5.06. The first kappa shape index (κ1) is 17.7. The Morgan fingerprint density at radius 1 is 1.23 bits per heavy atom. The van der Waals surface area contributed by atoms with Crippen LogP contribution in [0, 0.1) is 10.1 Å². The third-order valence-corrected chi connectivity index (χ3v) is 3.38. The third-order valence-electron chi connectivity index (χ3n) is 3.38. The van der Waals surface area contributed by atoms with Gasteiger partial charge in [-0.1, -0.05) is 39.0 Å². The first-order chi connectivity index (χ1) is 10.5. The van der Waals surface area contributed by atoms with Crippen LogP contribution >= 0.6 is 0 Å². The topological polar surface area (TPSA) is 110 Å². The van der Waals surface area contributed by atoms with E-state index in [1.807, 2.05) is 0 Å². The van der Waals surface area contributed by atoms with Crippen molar-refractivity contribution in [3.63, 3.8) is 0 Å². The van der Waals surface area contributed by atoms with Crippen molar-refractivity contribution in [2.75, 3.05) is 0 Å². The molecule has 0 amide bonds. The highest BCUT2D eigenvalue weighted by Crippen LogP contribution is 2.39.